The van der Waals surface area contributed by atoms with Gasteiger partial charge in [-0.05, 0) is 69.4 Å². The summed E-state index contributed by atoms with van der Waals surface area (Å²) in [5.74, 6) is -0.888. The number of carbonyl (C=O) groups is 3. The normalized spacial score (nSPS) is 14.2. The minimum atomic E-state index is -0.908. The van der Waals surface area contributed by atoms with Crippen molar-refractivity contribution in [3.63, 3.8) is 0 Å². The molecule has 1 aliphatic carbocycles. The third kappa shape index (κ3) is 4.02. The number of aryl methyl sites for hydroxylation is 1. The lowest BCUT2D eigenvalue weighted by molar-refractivity contribution is -0.123. The van der Waals surface area contributed by atoms with Gasteiger partial charge in [0, 0.05) is 21.5 Å². The van der Waals surface area contributed by atoms with Crippen LogP contribution in [0.3, 0.4) is 0 Å². The van der Waals surface area contributed by atoms with E-state index in [9.17, 15) is 14.4 Å². The van der Waals surface area contributed by atoms with Gasteiger partial charge in [-0.2, -0.15) is 0 Å². The molecule has 6 heteroatoms. The molecule has 1 amide bonds. The highest BCUT2D eigenvalue weighted by molar-refractivity contribution is 7.10. The van der Waals surface area contributed by atoms with Gasteiger partial charge >= 0.3 is 5.97 Å². The van der Waals surface area contributed by atoms with Crippen LogP contribution in [0.4, 0.5) is 5.69 Å². The van der Waals surface area contributed by atoms with Gasteiger partial charge in [-0.15, -0.1) is 11.3 Å². The van der Waals surface area contributed by atoms with E-state index in [1.165, 1.54) is 11.8 Å². The van der Waals surface area contributed by atoms with Gasteiger partial charge in [0.25, 0.3) is 5.91 Å². The van der Waals surface area contributed by atoms with Gasteiger partial charge in [0.2, 0.25) is 0 Å². The highest BCUT2D eigenvalue weighted by atomic mass is 32.1. The molecule has 0 saturated carbocycles. The number of fused-ring (bicyclic) bond motifs is 1. The number of ether oxygens (including phenoxy) is 1. The fourth-order valence-corrected chi connectivity index (χ4v) is 4.09. The van der Waals surface area contributed by atoms with Gasteiger partial charge in [0.05, 0.1) is 5.56 Å². The number of hydrogen-bond acceptors (Lipinski definition) is 5. The molecule has 26 heavy (non-hydrogen) atoms. The summed E-state index contributed by atoms with van der Waals surface area (Å²) in [4.78, 5) is 37.2. The summed E-state index contributed by atoms with van der Waals surface area (Å²) in [6.45, 7) is 3.04. The van der Waals surface area contributed by atoms with Crippen LogP contribution in [0, 0.1) is 0 Å². The summed E-state index contributed by atoms with van der Waals surface area (Å²) >= 11 is 1.59. The maximum absolute atomic E-state index is 12.4. The molecule has 0 saturated heterocycles. The number of hydrogen-bond donors (Lipinski definition) is 1. The summed E-state index contributed by atoms with van der Waals surface area (Å²) in [7, 11) is 0. The summed E-state index contributed by atoms with van der Waals surface area (Å²) in [5.41, 5.74) is 2.80. The lowest BCUT2D eigenvalue weighted by Gasteiger charge is -2.15. The van der Waals surface area contributed by atoms with Crippen LogP contribution < -0.4 is 5.32 Å². The SMILES string of the molecule is CC(=O)c1ccc(NC(=O)[C@H](C)OC(=O)c2csc3c2CCCC3)cc1. The number of esters is 1. The van der Waals surface area contributed by atoms with Gasteiger partial charge in [-0.3, -0.25) is 9.59 Å². The van der Waals surface area contributed by atoms with Crippen LogP contribution in [0.2, 0.25) is 0 Å². The van der Waals surface area contributed by atoms with E-state index < -0.39 is 18.0 Å². The first-order chi connectivity index (χ1) is 12.5. The Bertz CT molecular complexity index is 838. The zero-order valence-corrected chi connectivity index (χ0v) is 15.7. The monoisotopic (exact) mass is 371 g/mol. The van der Waals surface area contributed by atoms with Crippen LogP contribution in [-0.2, 0) is 22.4 Å². The highest BCUT2D eigenvalue weighted by Crippen LogP contribution is 2.30. The summed E-state index contributed by atoms with van der Waals surface area (Å²) in [6.07, 6.45) is 3.24. The van der Waals surface area contributed by atoms with Crippen molar-refractivity contribution in [2.45, 2.75) is 45.6 Å². The number of nitrogens with one attached hydrogen (secondary N) is 1. The maximum Gasteiger partial charge on any atom is 0.340 e. The Morgan fingerprint density at radius 2 is 1.81 bits per heavy atom. The summed E-state index contributed by atoms with van der Waals surface area (Å²) in [5, 5.41) is 4.53. The predicted octanol–water partition coefficient (Wildman–Crippen LogP) is 4.01. The number of Topliss-reactive ketones (excluding diaryl/α,β-unsaturated/α-hetero) is 1. The van der Waals surface area contributed by atoms with Gasteiger partial charge in [-0.1, -0.05) is 0 Å². The molecule has 1 heterocycles. The van der Waals surface area contributed by atoms with Crippen molar-refractivity contribution in [3.05, 3.63) is 51.2 Å². The van der Waals surface area contributed by atoms with Crippen molar-refractivity contribution >= 4 is 34.7 Å². The molecule has 0 radical (unpaired) electrons. The molecule has 0 bridgehead atoms. The molecule has 1 aromatic carbocycles. The number of amides is 1. The first kappa shape index (κ1) is 18.3. The average molecular weight is 371 g/mol. The van der Waals surface area contributed by atoms with E-state index >= 15 is 0 Å². The van der Waals surface area contributed by atoms with Crippen LogP contribution in [-0.4, -0.2) is 23.8 Å². The molecular weight excluding hydrogens is 350 g/mol. The van der Waals surface area contributed by atoms with E-state index in [0.717, 1.165) is 31.2 Å². The number of anilines is 1. The van der Waals surface area contributed by atoms with Crippen molar-refractivity contribution in [2.75, 3.05) is 5.32 Å². The lowest BCUT2D eigenvalue weighted by atomic mass is 9.96. The minimum Gasteiger partial charge on any atom is -0.449 e. The lowest BCUT2D eigenvalue weighted by Crippen LogP contribution is -2.30. The first-order valence-electron chi connectivity index (χ1n) is 8.68. The third-order valence-corrected chi connectivity index (χ3v) is 5.58. The van der Waals surface area contributed by atoms with Crippen LogP contribution in [0.15, 0.2) is 29.6 Å². The first-order valence-corrected chi connectivity index (χ1v) is 9.55. The molecule has 0 aliphatic heterocycles. The van der Waals surface area contributed by atoms with Crippen LogP contribution in [0.1, 0.15) is 57.8 Å². The van der Waals surface area contributed by atoms with E-state index in [-0.39, 0.29) is 5.78 Å². The maximum atomic E-state index is 12.4. The molecule has 0 spiro atoms. The van der Waals surface area contributed by atoms with E-state index in [2.05, 4.69) is 5.32 Å². The quantitative estimate of drug-likeness (QED) is 0.637. The molecule has 1 aromatic heterocycles. The number of benzene rings is 1. The third-order valence-electron chi connectivity index (χ3n) is 4.49. The fourth-order valence-electron chi connectivity index (χ4n) is 2.97. The zero-order chi connectivity index (χ0) is 18.7. The smallest absolute Gasteiger partial charge is 0.340 e. The number of carbonyl (C=O) groups excluding carboxylic acids is 3. The molecule has 2 aromatic rings. The standard InChI is InChI=1S/C20H21NO4S/c1-12(22)14-7-9-15(10-8-14)21-19(23)13(2)25-20(24)17-11-26-18-6-4-3-5-16(17)18/h7-11,13H,3-6H2,1-2H3,(H,21,23)/t13-/m0/s1. The summed E-state index contributed by atoms with van der Waals surface area (Å²) < 4.78 is 5.36. The Morgan fingerprint density at radius 1 is 1.12 bits per heavy atom. The van der Waals surface area contributed by atoms with Gasteiger partial charge in [-0.25, -0.2) is 4.79 Å². The predicted molar refractivity (Wildman–Crippen MR) is 101 cm³/mol. The largest absolute Gasteiger partial charge is 0.449 e. The Labute approximate surface area is 156 Å². The van der Waals surface area contributed by atoms with Gasteiger partial charge in [0.15, 0.2) is 11.9 Å². The highest BCUT2D eigenvalue weighted by Gasteiger charge is 2.24. The Hall–Kier alpha value is -2.47. The molecule has 0 fully saturated rings. The molecule has 1 N–H and O–H groups in total. The molecule has 0 unspecified atom stereocenters. The van der Waals surface area contributed by atoms with E-state index in [1.54, 1.807) is 42.5 Å². The van der Waals surface area contributed by atoms with E-state index in [1.807, 2.05) is 5.38 Å². The molecule has 1 aliphatic rings. The van der Waals surface area contributed by atoms with Crippen LogP contribution >= 0.6 is 11.3 Å². The van der Waals surface area contributed by atoms with Gasteiger partial charge < -0.3 is 10.1 Å². The number of thiophene rings is 1. The number of ketones is 1. The second-order valence-electron chi connectivity index (χ2n) is 6.43. The molecule has 5 nitrogen and oxygen atoms in total. The van der Waals surface area contributed by atoms with Crippen LogP contribution in [0.5, 0.6) is 0 Å². The van der Waals surface area contributed by atoms with E-state index in [4.69, 9.17) is 4.74 Å². The van der Waals surface area contributed by atoms with Crippen molar-refractivity contribution in [2.24, 2.45) is 0 Å². The topological polar surface area (TPSA) is 72.5 Å². The molecular formula is C20H21NO4S. The van der Waals surface area contributed by atoms with Gasteiger partial charge in [0.1, 0.15) is 0 Å². The average Bonchev–Trinajstić information content (AvgIpc) is 3.06. The number of rotatable bonds is 5. The van der Waals surface area contributed by atoms with Crippen molar-refractivity contribution in [1.82, 2.24) is 0 Å². The van der Waals surface area contributed by atoms with Crippen LogP contribution in [0.25, 0.3) is 0 Å². The van der Waals surface area contributed by atoms with Crippen molar-refractivity contribution in [1.29, 1.82) is 0 Å². The van der Waals surface area contributed by atoms with Crippen molar-refractivity contribution < 1.29 is 19.1 Å². The Balaban J connectivity index is 1.61. The summed E-state index contributed by atoms with van der Waals surface area (Å²) in [6, 6.07) is 6.59. The minimum absolute atomic E-state index is 0.0377. The Morgan fingerprint density at radius 3 is 2.50 bits per heavy atom. The molecule has 136 valence electrons. The second kappa shape index (κ2) is 7.83. The van der Waals surface area contributed by atoms with Crippen molar-refractivity contribution in [3.8, 4) is 0 Å². The molecule has 3 rings (SSSR count). The fraction of sp³-hybridized carbons (Fsp3) is 0.350. The Kier molecular flexibility index (Phi) is 5.52. The molecule has 1 atom stereocenters. The van der Waals surface area contributed by atoms with E-state index in [0.29, 0.717) is 16.8 Å². The zero-order valence-electron chi connectivity index (χ0n) is 14.8. The second-order valence-corrected chi connectivity index (χ2v) is 7.39.